The molecule has 1 N–H and O–H groups in total. The number of imidazole rings is 1. The standard InChI is InChI=1S/C22H23FN4O/c23-19-8-6-18(7-9-19)16-26-11-10-21-24-15-20(27(21)13-12-26)22(28)25-14-17-4-2-1-3-5-17/h1-9,15H,10-14,16H2,(H,25,28). The van der Waals surface area contributed by atoms with Crippen molar-refractivity contribution in [1.82, 2.24) is 19.8 Å². The van der Waals surface area contributed by atoms with Crippen molar-refractivity contribution in [2.45, 2.75) is 26.1 Å². The van der Waals surface area contributed by atoms with E-state index in [-0.39, 0.29) is 11.7 Å². The average Bonchev–Trinajstić information content (AvgIpc) is 3.03. The first-order valence-electron chi connectivity index (χ1n) is 9.52. The maximum atomic E-state index is 13.1. The lowest BCUT2D eigenvalue weighted by Crippen LogP contribution is -2.28. The molecule has 5 nitrogen and oxygen atoms in total. The van der Waals surface area contributed by atoms with Crippen LogP contribution in [0.15, 0.2) is 60.8 Å². The minimum absolute atomic E-state index is 0.102. The van der Waals surface area contributed by atoms with E-state index in [0.717, 1.165) is 43.0 Å². The molecular weight excluding hydrogens is 355 g/mol. The van der Waals surface area contributed by atoms with Crippen molar-refractivity contribution >= 4 is 5.91 Å². The van der Waals surface area contributed by atoms with E-state index < -0.39 is 0 Å². The topological polar surface area (TPSA) is 50.2 Å². The molecule has 1 amide bonds. The van der Waals surface area contributed by atoms with E-state index >= 15 is 0 Å². The summed E-state index contributed by atoms with van der Waals surface area (Å²) >= 11 is 0. The predicted molar refractivity (Wildman–Crippen MR) is 105 cm³/mol. The third-order valence-electron chi connectivity index (χ3n) is 5.08. The van der Waals surface area contributed by atoms with E-state index in [1.807, 2.05) is 47.0 Å². The fourth-order valence-electron chi connectivity index (χ4n) is 3.53. The second kappa shape index (κ2) is 8.35. The van der Waals surface area contributed by atoms with Gasteiger partial charge in [0, 0.05) is 39.1 Å². The molecule has 1 aliphatic heterocycles. The molecule has 0 radical (unpaired) electrons. The highest BCUT2D eigenvalue weighted by atomic mass is 19.1. The summed E-state index contributed by atoms with van der Waals surface area (Å²) in [6.07, 6.45) is 2.46. The largest absolute Gasteiger partial charge is 0.347 e. The molecular formula is C22H23FN4O. The Hall–Kier alpha value is -2.99. The van der Waals surface area contributed by atoms with E-state index in [9.17, 15) is 9.18 Å². The van der Waals surface area contributed by atoms with Crippen LogP contribution in [-0.4, -0.2) is 33.4 Å². The quantitative estimate of drug-likeness (QED) is 0.743. The molecule has 6 heteroatoms. The van der Waals surface area contributed by atoms with E-state index in [2.05, 4.69) is 15.2 Å². The smallest absolute Gasteiger partial charge is 0.269 e. The highest BCUT2D eigenvalue weighted by Gasteiger charge is 2.20. The summed E-state index contributed by atoms with van der Waals surface area (Å²) in [7, 11) is 0. The summed E-state index contributed by atoms with van der Waals surface area (Å²) < 4.78 is 15.1. The Morgan fingerprint density at radius 3 is 2.57 bits per heavy atom. The maximum Gasteiger partial charge on any atom is 0.269 e. The average molecular weight is 378 g/mol. The first kappa shape index (κ1) is 18.4. The molecule has 28 heavy (non-hydrogen) atoms. The van der Waals surface area contributed by atoms with Gasteiger partial charge in [0.2, 0.25) is 0 Å². The summed E-state index contributed by atoms with van der Waals surface area (Å²) in [5.41, 5.74) is 2.76. The Bertz CT molecular complexity index is 937. The number of hydrogen-bond acceptors (Lipinski definition) is 3. The first-order chi connectivity index (χ1) is 13.7. The number of benzene rings is 2. The van der Waals surface area contributed by atoms with Crippen LogP contribution in [-0.2, 0) is 26.1 Å². The van der Waals surface area contributed by atoms with Crippen LogP contribution in [0.25, 0.3) is 0 Å². The van der Waals surface area contributed by atoms with Gasteiger partial charge < -0.3 is 9.88 Å². The van der Waals surface area contributed by atoms with Crippen LogP contribution in [0.1, 0.15) is 27.4 Å². The van der Waals surface area contributed by atoms with Crippen molar-refractivity contribution in [2.24, 2.45) is 0 Å². The van der Waals surface area contributed by atoms with Gasteiger partial charge in [-0.3, -0.25) is 9.69 Å². The lowest BCUT2D eigenvalue weighted by molar-refractivity contribution is 0.0940. The van der Waals surface area contributed by atoms with Crippen molar-refractivity contribution < 1.29 is 9.18 Å². The van der Waals surface area contributed by atoms with Crippen molar-refractivity contribution in [3.05, 3.63) is 89.3 Å². The molecule has 0 saturated carbocycles. The Kier molecular flexibility index (Phi) is 5.48. The summed E-state index contributed by atoms with van der Waals surface area (Å²) in [5.74, 6) is 0.618. The van der Waals surface area contributed by atoms with Gasteiger partial charge in [-0.1, -0.05) is 42.5 Å². The molecule has 2 aromatic carbocycles. The Morgan fingerprint density at radius 2 is 1.79 bits per heavy atom. The van der Waals surface area contributed by atoms with Gasteiger partial charge in [0.05, 0.1) is 6.20 Å². The zero-order valence-electron chi connectivity index (χ0n) is 15.6. The molecule has 2 heterocycles. The van der Waals surface area contributed by atoms with Gasteiger partial charge in [-0.25, -0.2) is 9.37 Å². The molecule has 0 atom stereocenters. The lowest BCUT2D eigenvalue weighted by atomic mass is 10.2. The Morgan fingerprint density at radius 1 is 1.00 bits per heavy atom. The van der Waals surface area contributed by atoms with Crippen LogP contribution in [0, 0.1) is 5.82 Å². The normalized spacial score (nSPS) is 14.3. The molecule has 0 unspecified atom stereocenters. The van der Waals surface area contributed by atoms with E-state index in [1.54, 1.807) is 6.20 Å². The van der Waals surface area contributed by atoms with Crippen molar-refractivity contribution in [1.29, 1.82) is 0 Å². The Balaban J connectivity index is 1.39. The Labute approximate surface area is 163 Å². The zero-order chi connectivity index (χ0) is 19.3. The molecule has 0 bridgehead atoms. The van der Waals surface area contributed by atoms with Gasteiger partial charge in [0.15, 0.2) is 0 Å². The molecule has 4 rings (SSSR count). The number of carbonyl (C=O) groups is 1. The molecule has 144 valence electrons. The van der Waals surface area contributed by atoms with Crippen LogP contribution in [0.2, 0.25) is 0 Å². The number of carbonyl (C=O) groups excluding carboxylic acids is 1. The molecule has 3 aromatic rings. The number of hydrogen-bond donors (Lipinski definition) is 1. The second-order valence-electron chi connectivity index (χ2n) is 7.03. The summed E-state index contributed by atoms with van der Waals surface area (Å²) in [4.78, 5) is 19.4. The van der Waals surface area contributed by atoms with Crippen LogP contribution in [0.5, 0.6) is 0 Å². The number of nitrogens with zero attached hydrogens (tertiary/aromatic N) is 3. The van der Waals surface area contributed by atoms with Crippen LogP contribution in [0.3, 0.4) is 0 Å². The number of rotatable bonds is 5. The predicted octanol–water partition coefficient (Wildman–Crippen LogP) is 3.01. The number of nitrogens with one attached hydrogen (secondary N) is 1. The van der Waals surface area contributed by atoms with Gasteiger partial charge in [-0.2, -0.15) is 0 Å². The van der Waals surface area contributed by atoms with Gasteiger partial charge in [-0.15, -0.1) is 0 Å². The van der Waals surface area contributed by atoms with Gasteiger partial charge in [0.1, 0.15) is 17.3 Å². The SMILES string of the molecule is O=C(NCc1ccccc1)c1cnc2n1CCN(Cc1ccc(F)cc1)CC2. The lowest BCUT2D eigenvalue weighted by Gasteiger charge is -2.19. The van der Waals surface area contributed by atoms with Crippen LogP contribution < -0.4 is 5.32 Å². The maximum absolute atomic E-state index is 13.1. The molecule has 0 saturated heterocycles. The highest BCUT2D eigenvalue weighted by Crippen LogP contribution is 2.14. The number of aromatic nitrogens is 2. The van der Waals surface area contributed by atoms with Crippen LogP contribution >= 0.6 is 0 Å². The fourth-order valence-corrected chi connectivity index (χ4v) is 3.53. The van der Waals surface area contributed by atoms with E-state index in [4.69, 9.17) is 0 Å². The number of fused-ring (bicyclic) bond motifs is 1. The first-order valence-corrected chi connectivity index (χ1v) is 9.52. The van der Waals surface area contributed by atoms with Gasteiger partial charge >= 0.3 is 0 Å². The summed E-state index contributed by atoms with van der Waals surface area (Å²) in [6.45, 7) is 3.65. The third kappa shape index (κ3) is 4.28. The highest BCUT2D eigenvalue weighted by molar-refractivity contribution is 5.92. The number of amides is 1. The van der Waals surface area contributed by atoms with E-state index in [0.29, 0.717) is 18.8 Å². The molecule has 1 aromatic heterocycles. The molecule has 1 aliphatic rings. The van der Waals surface area contributed by atoms with Gasteiger partial charge in [0.25, 0.3) is 5.91 Å². The summed E-state index contributed by atoms with van der Waals surface area (Å²) in [5, 5.41) is 2.98. The van der Waals surface area contributed by atoms with Crippen LogP contribution in [0.4, 0.5) is 4.39 Å². The van der Waals surface area contributed by atoms with Gasteiger partial charge in [-0.05, 0) is 23.3 Å². The summed E-state index contributed by atoms with van der Waals surface area (Å²) in [6, 6.07) is 16.5. The second-order valence-corrected chi connectivity index (χ2v) is 7.03. The van der Waals surface area contributed by atoms with E-state index in [1.165, 1.54) is 12.1 Å². The number of halogens is 1. The zero-order valence-corrected chi connectivity index (χ0v) is 15.6. The minimum atomic E-state index is -0.217. The minimum Gasteiger partial charge on any atom is -0.347 e. The van der Waals surface area contributed by atoms with Crippen molar-refractivity contribution in [3.8, 4) is 0 Å². The fraction of sp³-hybridized carbons (Fsp3) is 0.273. The van der Waals surface area contributed by atoms with Crippen molar-refractivity contribution in [2.75, 3.05) is 13.1 Å². The molecule has 0 fully saturated rings. The third-order valence-corrected chi connectivity index (χ3v) is 5.08. The molecule has 0 spiro atoms. The monoisotopic (exact) mass is 378 g/mol. The molecule has 0 aliphatic carbocycles. The van der Waals surface area contributed by atoms with Crippen molar-refractivity contribution in [3.63, 3.8) is 0 Å².